The Morgan fingerprint density at radius 2 is 1.96 bits per heavy atom. The Morgan fingerprint density at radius 3 is 2.64 bits per heavy atom. The highest BCUT2D eigenvalue weighted by Gasteiger charge is 2.43. The fraction of sp³-hybridized carbons (Fsp3) is 0.556. The van der Waals surface area contributed by atoms with Crippen molar-refractivity contribution < 1.29 is 17.9 Å². The van der Waals surface area contributed by atoms with Crippen LogP contribution >= 0.6 is 0 Å². The molecule has 0 fully saturated rings. The van der Waals surface area contributed by atoms with Gasteiger partial charge in [-0.2, -0.15) is 18.3 Å². The lowest BCUT2D eigenvalue weighted by atomic mass is 9.98. The first-order valence-electron chi connectivity index (χ1n) is 8.57. The number of nitrogens with zero attached hydrogens (tertiary/aromatic N) is 3. The van der Waals surface area contributed by atoms with Crippen molar-refractivity contribution in [2.24, 2.45) is 10.1 Å². The molecule has 2 heterocycles. The summed E-state index contributed by atoms with van der Waals surface area (Å²) >= 11 is 0. The predicted molar refractivity (Wildman–Crippen MR) is 92.1 cm³/mol. The fourth-order valence-electron chi connectivity index (χ4n) is 3.40. The van der Waals surface area contributed by atoms with Gasteiger partial charge in [0.2, 0.25) is 0 Å². The van der Waals surface area contributed by atoms with Gasteiger partial charge >= 0.3 is 6.18 Å². The maximum atomic E-state index is 13.2. The highest BCUT2D eigenvalue weighted by Crippen LogP contribution is 2.34. The molecule has 0 saturated carbocycles. The van der Waals surface area contributed by atoms with Gasteiger partial charge in [-0.25, -0.2) is 0 Å². The number of para-hydroxylation sites is 1. The Kier molecular flexibility index (Phi) is 5.30. The van der Waals surface area contributed by atoms with E-state index >= 15 is 0 Å². The third-order valence-corrected chi connectivity index (χ3v) is 4.64. The number of benzene rings is 1. The number of ether oxygens (including phenoxy) is 1. The number of aliphatic imine (C=N–C) groups is 1. The molecule has 0 radical (unpaired) electrons. The summed E-state index contributed by atoms with van der Waals surface area (Å²) in [5.74, 6) is 0.698. The summed E-state index contributed by atoms with van der Waals surface area (Å²) < 4.78 is 44.8. The van der Waals surface area contributed by atoms with Gasteiger partial charge in [-0.1, -0.05) is 24.6 Å². The van der Waals surface area contributed by atoms with Crippen LogP contribution in [0, 0.1) is 0 Å². The zero-order valence-corrected chi connectivity index (χ0v) is 14.2. The van der Waals surface area contributed by atoms with Gasteiger partial charge < -0.3 is 4.74 Å². The van der Waals surface area contributed by atoms with Crippen LogP contribution in [0.5, 0.6) is 0 Å². The molecule has 0 amide bonds. The first kappa shape index (κ1) is 17.8. The predicted octanol–water partition coefficient (Wildman–Crippen LogP) is 4.56. The summed E-state index contributed by atoms with van der Waals surface area (Å²) in [7, 11) is 1.60. The van der Waals surface area contributed by atoms with Crippen LogP contribution in [0.2, 0.25) is 0 Å². The second-order valence-electron chi connectivity index (χ2n) is 6.44. The third-order valence-electron chi connectivity index (χ3n) is 4.64. The molecule has 1 aromatic carbocycles. The van der Waals surface area contributed by atoms with E-state index in [-0.39, 0.29) is 18.5 Å². The van der Waals surface area contributed by atoms with Crippen molar-refractivity contribution in [2.45, 2.75) is 56.8 Å². The largest absolute Gasteiger partial charge is 0.484 e. The lowest BCUT2D eigenvalue weighted by molar-refractivity contribution is -0.0600. The minimum absolute atomic E-state index is 0.0311. The summed E-state index contributed by atoms with van der Waals surface area (Å²) in [5, 5.41) is 5.39. The molecule has 0 aromatic heterocycles. The molecule has 0 spiro atoms. The summed E-state index contributed by atoms with van der Waals surface area (Å²) in [4.78, 5) is 4.61. The fourth-order valence-corrected chi connectivity index (χ4v) is 3.40. The van der Waals surface area contributed by atoms with E-state index < -0.39 is 11.9 Å². The lowest BCUT2D eigenvalue weighted by Gasteiger charge is -2.26. The molecule has 7 heteroatoms. The van der Waals surface area contributed by atoms with Gasteiger partial charge in [0, 0.05) is 12.8 Å². The second-order valence-corrected chi connectivity index (χ2v) is 6.44. The number of alkyl halides is 3. The van der Waals surface area contributed by atoms with Crippen LogP contribution in [0.15, 0.2) is 40.4 Å². The van der Waals surface area contributed by atoms with Gasteiger partial charge in [-0.15, -0.1) is 0 Å². The van der Waals surface area contributed by atoms with Crippen LogP contribution in [0.3, 0.4) is 0 Å². The highest BCUT2D eigenvalue weighted by atomic mass is 19.4. The first-order valence-corrected chi connectivity index (χ1v) is 8.57. The number of anilines is 1. The minimum atomic E-state index is -4.40. The number of hydrazone groups is 1. The van der Waals surface area contributed by atoms with E-state index in [4.69, 9.17) is 4.74 Å². The number of rotatable bonds is 3. The van der Waals surface area contributed by atoms with E-state index in [1.807, 2.05) is 6.07 Å². The van der Waals surface area contributed by atoms with Gasteiger partial charge in [0.05, 0.1) is 24.9 Å². The van der Waals surface area contributed by atoms with Gasteiger partial charge in [0.25, 0.3) is 0 Å². The molecule has 0 saturated heterocycles. The molecule has 4 nitrogen and oxygen atoms in total. The highest BCUT2D eigenvalue weighted by molar-refractivity contribution is 5.93. The summed E-state index contributed by atoms with van der Waals surface area (Å²) in [5.41, 5.74) is -0.0396. The standard InChI is InChI=1S/C18H22F3N3O/c1-25-17-10-6-5-7-13(22-17)11-15-12-16(18(19,20)21)23-24(15)14-8-3-2-4-9-14/h2-4,8-9,13,15H,5-7,10-12H2,1H3. The lowest BCUT2D eigenvalue weighted by Crippen LogP contribution is -2.31. The minimum Gasteiger partial charge on any atom is -0.484 e. The van der Waals surface area contributed by atoms with Gasteiger partial charge in [-0.05, 0) is 31.4 Å². The van der Waals surface area contributed by atoms with Crippen LogP contribution in [0.4, 0.5) is 18.9 Å². The monoisotopic (exact) mass is 353 g/mol. The first-order chi connectivity index (χ1) is 12.0. The average molecular weight is 353 g/mol. The maximum Gasteiger partial charge on any atom is 0.431 e. The molecule has 2 atom stereocenters. The summed E-state index contributed by atoms with van der Waals surface area (Å²) in [6.07, 6.45) is -0.298. The number of hydrogen-bond acceptors (Lipinski definition) is 4. The van der Waals surface area contributed by atoms with Gasteiger partial charge in [0.15, 0.2) is 5.90 Å². The summed E-state index contributed by atoms with van der Waals surface area (Å²) in [6, 6.07) is 8.64. The van der Waals surface area contributed by atoms with Crippen LogP contribution < -0.4 is 5.01 Å². The SMILES string of the molecule is COC1=NC(CC2CC(C(F)(F)F)=NN2c2ccccc2)CCCC1. The molecule has 25 heavy (non-hydrogen) atoms. The molecular formula is C18H22F3N3O. The van der Waals surface area contributed by atoms with Gasteiger partial charge in [-0.3, -0.25) is 10.0 Å². The molecule has 0 bridgehead atoms. The van der Waals surface area contributed by atoms with Crippen LogP contribution in [-0.4, -0.2) is 37.0 Å². The molecule has 2 aliphatic rings. The topological polar surface area (TPSA) is 37.2 Å². The zero-order chi connectivity index (χ0) is 17.9. The third kappa shape index (κ3) is 4.32. The van der Waals surface area contributed by atoms with Crippen molar-refractivity contribution in [3.8, 4) is 0 Å². The zero-order valence-electron chi connectivity index (χ0n) is 14.2. The Morgan fingerprint density at radius 1 is 1.20 bits per heavy atom. The van der Waals surface area contributed by atoms with Crippen LogP contribution in [0.25, 0.3) is 0 Å². The van der Waals surface area contributed by atoms with E-state index in [0.717, 1.165) is 25.7 Å². The average Bonchev–Trinajstić information content (AvgIpc) is 2.88. The molecule has 2 unspecified atom stereocenters. The second kappa shape index (κ2) is 7.45. The smallest absolute Gasteiger partial charge is 0.431 e. The van der Waals surface area contributed by atoms with Crippen molar-refractivity contribution in [2.75, 3.05) is 12.1 Å². The maximum absolute atomic E-state index is 13.2. The van der Waals surface area contributed by atoms with Crippen molar-refractivity contribution in [1.29, 1.82) is 0 Å². The Balaban J connectivity index is 1.81. The molecule has 136 valence electrons. The molecule has 0 N–H and O–H groups in total. The van der Waals surface area contributed by atoms with Crippen molar-refractivity contribution in [1.82, 2.24) is 0 Å². The summed E-state index contributed by atoms with van der Waals surface area (Å²) in [6.45, 7) is 0. The van der Waals surface area contributed by atoms with Crippen LogP contribution in [-0.2, 0) is 4.74 Å². The van der Waals surface area contributed by atoms with E-state index in [1.165, 1.54) is 5.01 Å². The molecule has 0 aliphatic carbocycles. The molecular weight excluding hydrogens is 331 g/mol. The van der Waals surface area contributed by atoms with E-state index in [0.29, 0.717) is 18.0 Å². The number of hydrogen-bond donors (Lipinski definition) is 0. The molecule has 1 aromatic rings. The van der Waals surface area contributed by atoms with E-state index in [2.05, 4.69) is 10.1 Å². The number of methoxy groups -OCH3 is 1. The van der Waals surface area contributed by atoms with Crippen molar-refractivity contribution in [3.63, 3.8) is 0 Å². The Hall–Kier alpha value is -2.05. The Labute approximate surface area is 145 Å². The molecule has 2 aliphatic heterocycles. The van der Waals surface area contributed by atoms with E-state index in [1.54, 1.807) is 31.4 Å². The quantitative estimate of drug-likeness (QED) is 0.799. The normalized spacial score (nSPS) is 24.6. The van der Waals surface area contributed by atoms with Crippen molar-refractivity contribution >= 4 is 17.3 Å². The Bertz CT molecular complexity index is 643. The van der Waals surface area contributed by atoms with E-state index in [9.17, 15) is 13.2 Å². The van der Waals surface area contributed by atoms with Crippen LogP contribution in [0.1, 0.15) is 38.5 Å². The van der Waals surface area contributed by atoms with Gasteiger partial charge in [0.1, 0.15) is 5.71 Å². The number of halogens is 3. The van der Waals surface area contributed by atoms with Crippen molar-refractivity contribution in [3.05, 3.63) is 30.3 Å². The molecule has 3 rings (SSSR count).